The highest BCUT2D eigenvalue weighted by Gasteiger charge is 2.08. The number of rotatable bonds is 3. The fraction of sp³-hybridized carbons (Fsp3) is 0.400. The van der Waals surface area contributed by atoms with Crippen molar-refractivity contribution in [3.05, 3.63) is 31.8 Å². The molecule has 0 aliphatic carbocycles. The summed E-state index contributed by atoms with van der Waals surface area (Å²) in [6.45, 7) is 2.16. The molecule has 1 nitrogen and oxygen atoms in total. The first-order valence-corrected chi connectivity index (χ1v) is 6.23. The van der Waals surface area contributed by atoms with E-state index in [-0.39, 0.29) is 6.04 Å². The first-order valence-electron chi connectivity index (χ1n) is 4.35. The van der Waals surface area contributed by atoms with E-state index in [0.717, 1.165) is 17.3 Å². The average Bonchev–Trinajstić information content (AvgIpc) is 2.09. The molecule has 2 N–H and O–H groups in total. The lowest BCUT2D eigenvalue weighted by Gasteiger charge is -2.13. The maximum absolute atomic E-state index is 6.05. The van der Waals surface area contributed by atoms with Crippen molar-refractivity contribution >= 4 is 38.5 Å². The quantitative estimate of drug-likeness (QED) is 0.820. The highest BCUT2D eigenvalue weighted by molar-refractivity contribution is 14.1. The van der Waals surface area contributed by atoms with Crippen LogP contribution in [-0.2, 0) is 0 Å². The fourth-order valence-electron chi connectivity index (χ4n) is 1.27. The van der Waals surface area contributed by atoms with E-state index in [4.69, 9.17) is 5.73 Å². The van der Waals surface area contributed by atoms with E-state index in [0.29, 0.717) is 0 Å². The predicted octanol–water partition coefficient (Wildman–Crippen LogP) is 3.85. The molecule has 0 spiro atoms. The van der Waals surface area contributed by atoms with Crippen LogP contribution in [0.2, 0.25) is 0 Å². The number of nitrogens with two attached hydrogens (primary N) is 1. The van der Waals surface area contributed by atoms with Gasteiger partial charge in [-0.25, -0.2) is 0 Å². The molecule has 1 aromatic carbocycles. The molecule has 0 heterocycles. The molecule has 0 fully saturated rings. The minimum absolute atomic E-state index is 0.175. The van der Waals surface area contributed by atoms with Gasteiger partial charge in [0.25, 0.3) is 0 Å². The first kappa shape index (κ1) is 11.5. The Hall–Kier alpha value is 0.390. The number of halogens is 2. The van der Waals surface area contributed by atoms with Gasteiger partial charge in [0.05, 0.1) is 0 Å². The molecule has 1 aromatic rings. The zero-order chi connectivity index (χ0) is 9.84. The molecule has 1 atom stereocenters. The second-order valence-electron chi connectivity index (χ2n) is 3.06. The molecule has 13 heavy (non-hydrogen) atoms. The minimum atomic E-state index is 0.175. The van der Waals surface area contributed by atoms with E-state index in [1.807, 2.05) is 6.07 Å². The van der Waals surface area contributed by atoms with Crippen LogP contribution in [-0.4, -0.2) is 0 Å². The van der Waals surface area contributed by atoms with Gasteiger partial charge in [-0.2, -0.15) is 0 Å². The summed E-state index contributed by atoms with van der Waals surface area (Å²) in [4.78, 5) is 0. The second kappa shape index (κ2) is 5.32. The van der Waals surface area contributed by atoms with E-state index < -0.39 is 0 Å². The molecule has 0 radical (unpaired) electrons. The Bertz CT molecular complexity index is 288. The van der Waals surface area contributed by atoms with Crippen LogP contribution in [0.1, 0.15) is 31.4 Å². The van der Waals surface area contributed by atoms with Crippen molar-refractivity contribution in [2.75, 3.05) is 0 Å². The molecule has 1 rings (SSSR count). The highest BCUT2D eigenvalue weighted by Crippen LogP contribution is 2.25. The van der Waals surface area contributed by atoms with Crippen LogP contribution < -0.4 is 5.73 Å². The second-order valence-corrected chi connectivity index (χ2v) is 5.14. The molecule has 0 saturated carbocycles. The Balaban J connectivity index is 2.91. The molecule has 0 aliphatic heterocycles. The summed E-state index contributed by atoms with van der Waals surface area (Å²) >= 11 is 5.79. The predicted molar refractivity (Wildman–Crippen MR) is 68.7 cm³/mol. The first-order chi connectivity index (χ1) is 6.15. The summed E-state index contributed by atoms with van der Waals surface area (Å²) in [5.41, 5.74) is 7.30. The van der Waals surface area contributed by atoms with Crippen LogP contribution in [0.4, 0.5) is 0 Å². The van der Waals surface area contributed by atoms with E-state index in [1.165, 1.54) is 9.13 Å². The largest absolute Gasteiger partial charge is 0.324 e. The van der Waals surface area contributed by atoms with Crippen molar-refractivity contribution in [2.45, 2.75) is 25.8 Å². The summed E-state index contributed by atoms with van der Waals surface area (Å²) in [5, 5.41) is 0. The van der Waals surface area contributed by atoms with Gasteiger partial charge in [0.15, 0.2) is 0 Å². The van der Waals surface area contributed by atoms with E-state index in [9.17, 15) is 0 Å². The Labute approximate surface area is 101 Å². The van der Waals surface area contributed by atoms with Crippen LogP contribution in [0.3, 0.4) is 0 Å². The van der Waals surface area contributed by atoms with Crippen molar-refractivity contribution < 1.29 is 0 Å². The molecule has 0 amide bonds. The topological polar surface area (TPSA) is 26.0 Å². The normalized spacial score (nSPS) is 12.9. The van der Waals surface area contributed by atoms with Gasteiger partial charge in [0.2, 0.25) is 0 Å². The van der Waals surface area contributed by atoms with Crippen LogP contribution in [0.25, 0.3) is 0 Å². The molecule has 0 bridgehead atoms. The third-order valence-electron chi connectivity index (χ3n) is 1.96. The van der Waals surface area contributed by atoms with E-state index in [2.05, 4.69) is 57.6 Å². The van der Waals surface area contributed by atoms with Crippen LogP contribution in [0.5, 0.6) is 0 Å². The van der Waals surface area contributed by atoms with Crippen molar-refractivity contribution in [3.63, 3.8) is 0 Å². The molecule has 0 saturated heterocycles. The Morgan fingerprint density at radius 2 is 2.23 bits per heavy atom. The zero-order valence-electron chi connectivity index (χ0n) is 7.56. The number of hydrogen-bond donors (Lipinski definition) is 1. The zero-order valence-corrected chi connectivity index (χ0v) is 11.3. The summed E-state index contributed by atoms with van der Waals surface area (Å²) in [6, 6.07) is 6.43. The lowest BCUT2D eigenvalue weighted by molar-refractivity contribution is 0.635. The number of benzene rings is 1. The van der Waals surface area contributed by atoms with Crippen molar-refractivity contribution in [1.29, 1.82) is 0 Å². The maximum atomic E-state index is 6.05. The smallest absolute Gasteiger partial charge is 0.0305 e. The van der Waals surface area contributed by atoms with Crippen molar-refractivity contribution in [1.82, 2.24) is 0 Å². The molecule has 1 unspecified atom stereocenters. The van der Waals surface area contributed by atoms with Gasteiger partial charge in [0.1, 0.15) is 0 Å². The highest BCUT2D eigenvalue weighted by atomic mass is 127. The van der Waals surface area contributed by atoms with Gasteiger partial charge < -0.3 is 5.73 Å². The third kappa shape index (κ3) is 3.22. The van der Waals surface area contributed by atoms with Gasteiger partial charge >= 0.3 is 0 Å². The Morgan fingerprint density at radius 3 is 2.85 bits per heavy atom. The lowest BCUT2D eigenvalue weighted by atomic mass is 10.0. The Kier molecular flexibility index (Phi) is 4.69. The van der Waals surface area contributed by atoms with Crippen molar-refractivity contribution in [2.24, 2.45) is 5.73 Å². The molecular weight excluding hydrogens is 341 g/mol. The molecule has 72 valence electrons. The molecular formula is C10H13BrIN. The average molecular weight is 354 g/mol. The Morgan fingerprint density at radius 1 is 1.54 bits per heavy atom. The summed E-state index contributed by atoms with van der Waals surface area (Å²) in [6.07, 6.45) is 2.18. The lowest BCUT2D eigenvalue weighted by Crippen LogP contribution is -2.11. The minimum Gasteiger partial charge on any atom is -0.324 e. The van der Waals surface area contributed by atoms with Gasteiger partial charge in [-0.15, -0.1) is 0 Å². The summed E-state index contributed by atoms with van der Waals surface area (Å²) in [5.74, 6) is 0. The van der Waals surface area contributed by atoms with Crippen LogP contribution >= 0.6 is 38.5 Å². The van der Waals surface area contributed by atoms with Gasteiger partial charge in [-0.3, -0.25) is 0 Å². The van der Waals surface area contributed by atoms with Gasteiger partial charge in [-0.1, -0.05) is 29.3 Å². The fourth-order valence-corrected chi connectivity index (χ4v) is 2.38. The molecule has 0 aliphatic rings. The van der Waals surface area contributed by atoms with Gasteiger partial charge in [-0.05, 0) is 52.8 Å². The molecule has 0 aromatic heterocycles. The van der Waals surface area contributed by atoms with Crippen LogP contribution in [0, 0.1) is 3.57 Å². The van der Waals surface area contributed by atoms with Gasteiger partial charge in [0, 0.05) is 14.1 Å². The van der Waals surface area contributed by atoms with Crippen LogP contribution in [0.15, 0.2) is 22.7 Å². The van der Waals surface area contributed by atoms with E-state index in [1.54, 1.807) is 0 Å². The SMILES string of the molecule is CCCC(N)c1cc(Br)ccc1I. The monoisotopic (exact) mass is 353 g/mol. The summed E-state index contributed by atoms with van der Waals surface area (Å²) in [7, 11) is 0. The van der Waals surface area contributed by atoms with E-state index >= 15 is 0 Å². The number of hydrogen-bond acceptors (Lipinski definition) is 1. The molecule has 3 heteroatoms. The third-order valence-corrected chi connectivity index (χ3v) is 3.43. The maximum Gasteiger partial charge on any atom is 0.0305 e. The standard InChI is InChI=1S/C10H13BrIN/c1-2-3-10(13)8-6-7(11)4-5-9(8)12/h4-6,10H,2-3,13H2,1H3. The van der Waals surface area contributed by atoms with Crippen molar-refractivity contribution in [3.8, 4) is 0 Å². The summed E-state index contributed by atoms with van der Waals surface area (Å²) < 4.78 is 2.36.